The van der Waals surface area contributed by atoms with Gasteiger partial charge in [-0.1, -0.05) is 24.3 Å². The van der Waals surface area contributed by atoms with E-state index < -0.39 is 11.4 Å². The summed E-state index contributed by atoms with van der Waals surface area (Å²) in [7, 11) is 0. The van der Waals surface area contributed by atoms with Crippen molar-refractivity contribution in [3.8, 4) is 0 Å². The third-order valence-electron chi connectivity index (χ3n) is 3.44. The van der Waals surface area contributed by atoms with Gasteiger partial charge in [0.1, 0.15) is 0 Å². The van der Waals surface area contributed by atoms with Crippen LogP contribution in [0.3, 0.4) is 0 Å². The van der Waals surface area contributed by atoms with Crippen LogP contribution in [-0.4, -0.2) is 22.8 Å². The number of hydrogen-bond acceptors (Lipinski definition) is 2. The molecule has 1 aliphatic carbocycles. The first-order valence-corrected chi connectivity index (χ1v) is 5.59. The van der Waals surface area contributed by atoms with Gasteiger partial charge in [-0.15, -0.1) is 0 Å². The van der Waals surface area contributed by atoms with Crippen LogP contribution in [0.4, 0.5) is 0 Å². The van der Waals surface area contributed by atoms with Gasteiger partial charge in [0, 0.05) is 6.61 Å². The van der Waals surface area contributed by atoms with Gasteiger partial charge in [0.05, 0.1) is 5.41 Å². The topological polar surface area (TPSA) is 57.5 Å². The predicted octanol–water partition coefficient (Wildman–Crippen LogP) is 1.63. The van der Waals surface area contributed by atoms with Gasteiger partial charge in [-0.25, -0.2) is 0 Å². The zero-order chi connectivity index (χ0) is 11.6. The minimum Gasteiger partial charge on any atom is -0.481 e. The maximum Gasteiger partial charge on any atom is 0.310 e. The first-order valence-electron chi connectivity index (χ1n) is 5.59. The van der Waals surface area contributed by atoms with Crippen molar-refractivity contribution in [2.45, 2.75) is 25.7 Å². The molecule has 3 nitrogen and oxygen atoms in total. The number of carbonyl (C=O) groups is 1. The van der Waals surface area contributed by atoms with E-state index in [0.717, 1.165) is 11.1 Å². The highest BCUT2D eigenvalue weighted by atomic mass is 16.4. The van der Waals surface area contributed by atoms with E-state index in [4.69, 9.17) is 5.11 Å². The van der Waals surface area contributed by atoms with Gasteiger partial charge < -0.3 is 10.2 Å². The van der Waals surface area contributed by atoms with Crippen molar-refractivity contribution < 1.29 is 15.0 Å². The zero-order valence-electron chi connectivity index (χ0n) is 9.15. The molecule has 0 unspecified atom stereocenters. The summed E-state index contributed by atoms with van der Waals surface area (Å²) in [5.41, 5.74) is 1.59. The van der Waals surface area contributed by atoms with Gasteiger partial charge in [0.2, 0.25) is 0 Å². The molecule has 0 bridgehead atoms. The Labute approximate surface area is 94.7 Å². The summed E-state index contributed by atoms with van der Waals surface area (Å²) in [6.07, 6.45) is 2.30. The zero-order valence-corrected chi connectivity index (χ0v) is 9.15. The van der Waals surface area contributed by atoms with Gasteiger partial charge in [0.15, 0.2) is 0 Å². The van der Waals surface area contributed by atoms with Crippen LogP contribution in [-0.2, 0) is 17.6 Å². The Balaban J connectivity index is 2.24. The monoisotopic (exact) mass is 220 g/mol. The fraction of sp³-hybridized carbons (Fsp3) is 0.462. The van der Waals surface area contributed by atoms with Crippen molar-refractivity contribution in [3.63, 3.8) is 0 Å². The van der Waals surface area contributed by atoms with Crippen LogP contribution >= 0.6 is 0 Å². The molecular formula is C13H16O3. The number of aliphatic hydroxyl groups is 1. The Morgan fingerprint density at radius 1 is 1.25 bits per heavy atom. The molecule has 16 heavy (non-hydrogen) atoms. The largest absolute Gasteiger partial charge is 0.481 e. The Morgan fingerprint density at radius 2 is 1.81 bits per heavy atom. The van der Waals surface area contributed by atoms with E-state index in [0.29, 0.717) is 25.7 Å². The van der Waals surface area contributed by atoms with Crippen molar-refractivity contribution >= 4 is 5.97 Å². The number of hydrogen-bond donors (Lipinski definition) is 2. The summed E-state index contributed by atoms with van der Waals surface area (Å²) >= 11 is 0. The normalized spacial score (nSPS) is 17.1. The van der Waals surface area contributed by atoms with Crippen LogP contribution in [0.1, 0.15) is 24.0 Å². The molecule has 0 amide bonds. The fourth-order valence-corrected chi connectivity index (χ4v) is 2.55. The van der Waals surface area contributed by atoms with Crippen LogP contribution in [0.2, 0.25) is 0 Å². The van der Waals surface area contributed by atoms with Crippen LogP contribution in [0, 0.1) is 5.41 Å². The molecule has 1 aliphatic rings. The molecule has 0 aliphatic heterocycles. The molecule has 0 aromatic heterocycles. The highest BCUT2D eigenvalue weighted by molar-refractivity contribution is 5.77. The average molecular weight is 220 g/mol. The van der Waals surface area contributed by atoms with E-state index in [1.54, 1.807) is 0 Å². The van der Waals surface area contributed by atoms with Crippen LogP contribution in [0.15, 0.2) is 24.3 Å². The summed E-state index contributed by atoms with van der Waals surface area (Å²) in [6, 6.07) is 7.89. The number of benzene rings is 1. The molecule has 0 atom stereocenters. The minimum atomic E-state index is -0.739. The molecule has 0 radical (unpaired) electrons. The molecule has 0 saturated heterocycles. The summed E-state index contributed by atoms with van der Waals surface area (Å²) in [5, 5.41) is 18.2. The average Bonchev–Trinajstić information content (AvgIpc) is 2.66. The van der Waals surface area contributed by atoms with E-state index in [9.17, 15) is 9.90 Å². The Bertz CT molecular complexity index is 373. The van der Waals surface area contributed by atoms with Crippen molar-refractivity contribution in [2.75, 3.05) is 6.61 Å². The lowest BCUT2D eigenvalue weighted by atomic mass is 9.80. The number of rotatable bonds is 4. The third kappa shape index (κ3) is 1.83. The molecular weight excluding hydrogens is 204 g/mol. The number of aliphatic carboxylic acids is 1. The summed E-state index contributed by atoms with van der Waals surface area (Å²) in [6.45, 7) is 0.0609. The van der Waals surface area contributed by atoms with E-state index in [1.165, 1.54) is 0 Å². The second kappa shape index (κ2) is 4.26. The predicted molar refractivity (Wildman–Crippen MR) is 60.2 cm³/mol. The molecule has 86 valence electrons. The SMILES string of the molecule is O=C(O)C1(CCCO)Cc2ccccc2C1. The summed E-state index contributed by atoms with van der Waals surface area (Å²) < 4.78 is 0. The number of carboxylic acid groups (broad SMARTS) is 1. The molecule has 1 aromatic rings. The fourth-order valence-electron chi connectivity index (χ4n) is 2.55. The number of aliphatic hydroxyl groups excluding tert-OH is 1. The second-order valence-electron chi connectivity index (χ2n) is 4.53. The van der Waals surface area contributed by atoms with E-state index in [2.05, 4.69) is 0 Å². The van der Waals surface area contributed by atoms with Crippen molar-refractivity contribution in [1.29, 1.82) is 0 Å². The molecule has 2 rings (SSSR count). The van der Waals surface area contributed by atoms with Gasteiger partial charge in [-0.3, -0.25) is 4.79 Å². The Morgan fingerprint density at radius 3 is 2.25 bits per heavy atom. The van der Waals surface area contributed by atoms with Crippen molar-refractivity contribution in [1.82, 2.24) is 0 Å². The molecule has 0 heterocycles. The van der Waals surface area contributed by atoms with Gasteiger partial charge >= 0.3 is 5.97 Å². The van der Waals surface area contributed by atoms with Crippen LogP contribution < -0.4 is 0 Å². The quantitative estimate of drug-likeness (QED) is 0.810. The lowest BCUT2D eigenvalue weighted by molar-refractivity contribution is -0.149. The molecule has 0 fully saturated rings. The lowest BCUT2D eigenvalue weighted by Gasteiger charge is -2.23. The molecule has 0 saturated carbocycles. The first-order chi connectivity index (χ1) is 7.68. The standard InChI is InChI=1S/C13H16O3/c14-7-3-6-13(12(15)16)8-10-4-1-2-5-11(10)9-13/h1-2,4-5,14H,3,6-9H2,(H,15,16). The Kier molecular flexibility index (Phi) is 2.97. The van der Waals surface area contributed by atoms with Gasteiger partial charge in [0.25, 0.3) is 0 Å². The Hall–Kier alpha value is -1.35. The second-order valence-corrected chi connectivity index (χ2v) is 4.53. The lowest BCUT2D eigenvalue weighted by Crippen LogP contribution is -2.32. The minimum absolute atomic E-state index is 0.0609. The maximum atomic E-state index is 11.4. The highest BCUT2D eigenvalue weighted by Gasteiger charge is 2.43. The van der Waals surface area contributed by atoms with E-state index in [1.807, 2.05) is 24.3 Å². The van der Waals surface area contributed by atoms with Gasteiger partial charge in [-0.05, 0) is 36.8 Å². The number of fused-ring (bicyclic) bond motifs is 1. The third-order valence-corrected chi connectivity index (χ3v) is 3.44. The summed E-state index contributed by atoms with van der Waals surface area (Å²) in [5.74, 6) is -0.739. The van der Waals surface area contributed by atoms with Crippen LogP contribution in [0.5, 0.6) is 0 Å². The molecule has 2 N–H and O–H groups in total. The van der Waals surface area contributed by atoms with Gasteiger partial charge in [-0.2, -0.15) is 0 Å². The smallest absolute Gasteiger partial charge is 0.310 e. The van der Waals surface area contributed by atoms with Crippen molar-refractivity contribution in [3.05, 3.63) is 35.4 Å². The molecule has 0 spiro atoms. The highest BCUT2D eigenvalue weighted by Crippen LogP contribution is 2.40. The maximum absolute atomic E-state index is 11.4. The summed E-state index contributed by atoms with van der Waals surface area (Å²) in [4.78, 5) is 11.4. The first kappa shape index (κ1) is 11.1. The van der Waals surface area contributed by atoms with E-state index >= 15 is 0 Å². The van der Waals surface area contributed by atoms with E-state index in [-0.39, 0.29) is 6.61 Å². The van der Waals surface area contributed by atoms with Crippen molar-refractivity contribution in [2.24, 2.45) is 5.41 Å². The molecule has 3 heteroatoms. The molecule has 1 aromatic carbocycles. The van der Waals surface area contributed by atoms with Crippen LogP contribution in [0.25, 0.3) is 0 Å². The number of carboxylic acids is 1.